The van der Waals surface area contributed by atoms with Crippen molar-refractivity contribution < 1.29 is 0 Å². The fourth-order valence-electron chi connectivity index (χ4n) is 3.82. The van der Waals surface area contributed by atoms with E-state index in [9.17, 15) is 0 Å². The van der Waals surface area contributed by atoms with Crippen LogP contribution in [0.3, 0.4) is 0 Å². The van der Waals surface area contributed by atoms with Crippen LogP contribution >= 0.6 is 68.4 Å². The van der Waals surface area contributed by atoms with E-state index in [0.29, 0.717) is 1.93 Å². The second kappa shape index (κ2) is 10.7. The van der Waals surface area contributed by atoms with E-state index in [-0.39, 0.29) is 0 Å². The van der Waals surface area contributed by atoms with Crippen LogP contribution in [-0.4, -0.2) is 14.3 Å². The minimum absolute atomic E-state index is 0.639. The maximum absolute atomic E-state index is 3.54. The minimum atomic E-state index is -1.80. The molecule has 3 aromatic rings. The summed E-state index contributed by atoms with van der Waals surface area (Å²) < 4.78 is 1.79. The molecule has 0 aliphatic heterocycles. The fourth-order valence-corrected chi connectivity index (χ4v) is 13.1. The van der Waals surface area contributed by atoms with Crippen LogP contribution < -0.4 is 10.6 Å². The number of halogens is 3. The standard InChI is InChI=1S/C23H24BrI2P/c24-20-15-13-19(14-16-20)8-7-17-27(18-23(25)26,21-9-3-1-4-10-21)22-11-5-2-6-12-22/h1-6,9-16,23,27H,7-8,17-18H2. The molecule has 0 aliphatic carbocycles. The molecule has 0 unspecified atom stereocenters. The number of hydrogen-bond donors (Lipinski definition) is 0. The van der Waals surface area contributed by atoms with E-state index < -0.39 is 7.26 Å². The summed E-state index contributed by atoms with van der Waals surface area (Å²) in [6.45, 7) is 0. The van der Waals surface area contributed by atoms with Gasteiger partial charge in [0.25, 0.3) is 0 Å². The Kier molecular flexibility index (Phi) is 8.62. The van der Waals surface area contributed by atoms with Crippen LogP contribution in [0.25, 0.3) is 0 Å². The molecule has 0 spiro atoms. The van der Waals surface area contributed by atoms with Crippen molar-refractivity contribution in [2.24, 2.45) is 0 Å². The molecule has 0 N–H and O–H groups in total. The number of aryl methyl sites for hydroxylation is 1. The zero-order valence-electron chi connectivity index (χ0n) is 15.1. The molecule has 0 saturated carbocycles. The second-order valence-electron chi connectivity index (χ2n) is 6.89. The Hall–Kier alpha value is 0.0300. The second-order valence-corrected chi connectivity index (χ2v) is 17.4. The first-order valence-corrected chi connectivity index (χ1v) is 14.9. The topological polar surface area (TPSA) is 0 Å². The summed E-state index contributed by atoms with van der Waals surface area (Å²) in [5, 5.41) is 3.15. The van der Waals surface area contributed by atoms with E-state index in [1.54, 1.807) is 10.6 Å². The van der Waals surface area contributed by atoms with Crippen molar-refractivity contribution in [1.29, 1.82) is 0 Å². The van der Waals surface area contributed by atoms with Gasteiger partial charge in [0.15, 0.2) is 0 Å². The Morgan fingerprint density at radius 2 is 1.26 bits per heavy atom. The maximum atomic E-state index is 3.54. The molecule has 3 aromatic carbocycles. The third-order valence-corrected chi connectivity index (χ3v) is 13.4. The summed E-state index contributed by atoms with van der Waals surface area (Å²) in [5.41, 5.74) is 1.43. The van der Waals surface area contributed by atoms with E-state index in [2.05, 4.69) is 146 Å². The molecule has 0 aliphatic rings. The van der Waals surface area contributed by atoms with Crippen molar-refractivity contribution in [3.05, 3.63) is 95.0 Å². The molecule has 0 saturated heterocycles. The van der Waals surface area contributed by atoms with Gasteiger partial charge >= 0.3 is 201 Å². The van der Waals surface area contributed by atoms with Crippen molar-refractivity contribution in [3.8, 4) is 0 Å². The molecule has 0 fully saturated rings. The number of rotatable bonds is 8. The quantitative estimate of drug-likeness (QED) is 0.139. The number of alkyl halides is 2. The van der Waals surface area contributed by atoms with Crippen LogP contribution in [0, 0.1) is 0 Å². The molecule has 0 bridgehead atoms. The summed E-state index contributed by atoms with van der Waals surface area (Å²) in [6, 6.07) is 31.4. The predicted molar refractivity (Wildman–Crippen MR) is 144 cm³/mol. The summed E-state index contributed by atoms with van der Waals surface area (Å²) in [7, 11) is -1.80. The molecular weight excluding hydrogens is 641 g/mol. The molecule has 27 heavy (non-hydrogen) atoms. The van der Waals surface area contributed by atoms with Crippen LogP contribution in [0.1, 0.15) is 12.0 Å². The Bertz CT molecular complexity index is 781. The summed E-state index contributed by atoms with van der Waals surface area (Å²) in [6.07, 6.45) is 4.95. The Morgan fingerprint density at radius 1 is 0.741 bits per heavy atom. The van der Waals surface area contributed by atoms with Gasteiger partial charge in [0.2, 0.25) is 0 Å². The van der Waals surface area contributed by atoms with E-state index in [1.165, 1.54) is 24.3 Å². The van der Waals surface area contributed by atoms with Crippen LogP contribution in [0.5, 0.6) is 0 Å². The van der Waals surface area contributed by atoms with Gasteiger partial charge in [-0.05, 0) is 0 Å². The van der Waals surface area contributed by atoms with Gasteiger partial charge in [0, 0.05) is 0 Å². The SMILES string of the molecule is Brc1ccc(CCC[PH](CC(I)I)(c2ccccc2)c2ccccc2)cc1. The number of hydrogen-bond acceptors (Lipinski definition) is 0. The first-order chi connectivity index (χ1) is 13.1. The van der Waals surface area contributed by atoms with Crippen LogP contribution in [0.2, 0.25) is 0 Å². The van der Waals surface area contributed by atoms with Gasteiger partial charge in [-0.1, -0.05) is 0 Å². The van der Waals surface area contributed by atoms with Crippen molar-refractivity contribution in [3.63, 3.8) is 0 Å². The van der Waals surface area contributed by atoms with Crippen molar-refractivity contribution in [2.45, 2.75) is 14.8 Å². The zero-order chi connectivity index (χ0) is 19.1. The monoisotopic (exact) mass is 664 g/mol. The summed E-state index contributed by atoms with van der Waals surface area (Å²) >= 11 is 8.75. The van der Waals surface area contributed by atoms with Crippen LogP contribution in [0.4, 0.5) is 0 Å². The molecule has 0 radical (unpaired) electrons. The fraction of sp³-hybridized carbons (Fsp3) is 0.217. The van der Waals surface area contributed by atoms with Crippen LogP contribution in [-0.2, 0) is 6.42 Å². The molecule has 4 heteroatoms. The van der Waals surface area contributed by atoms with Gasteiger partial charge < -0.3 is 0 Å². The van der Waals surface area contributed by atoms with Crippen molar-refractivity contribution >= 4 is 79.0 Å². The molecule has 3 rings (SSSR count). The normalized spacial score (nSPS) is 12.3. The Balaban J connectivity index is 1.91. The van der Waals surface area contributed by atoms with Gasteiger partial charge in [0.05, 0.1) is 0 Å². The summed E-state index contributed by atoms with van der Waals surface area (Å²) in [5.74, 6) is 0. The average Bonchev–Trinajstić information content (AvgIpc) is 2.70. The van der Waals surface area contributed by atoms with Gasteiger partial charge in [-0.2, -0.15) is 0 Å². The average molecular weight is 665 g/mol. The number of benzene rings is 3. The van der Waals surface area contributed by atoms with Crippen molar-refractivity contribution in [2.75, 3.05) is 12.3 Å². The van der Waals surface area contributed by atoms with Gasteiger partial charge in [-0.15, -0.1) is 0 Å². The third kappa shape index (κ3) is 6.01. The van der Waals surface area contributed by atoms with Crippen LogP contribution in [0.15, 0.2) is 89.4 Å². The molecule has 142 valence electrons. The van der Waals surface area contributed by atoms with Gasteiger partial charge in [-0.3, -0.25) is 0 Å². The first-order valence-electron chi connectivity index (χ1n) is 9.24. The molecule has 0 nitrogen and oxygen atoms in total. The molecule has 0 heterocycles. The summed E-state index contributed by atoms with van der Waals surface area (Å²) in [4.78, 5) is 0. The van der Waals surface area contributed by atoms with E-state index in [4.69, 9.17) is 0 Å². The third-order valence-electron chi connectivity index (χ3n) is 5.14. The predicted octanol–water partition coefficient (Wildman–Crippen LogP) is 6.98. The Morgan fingerprint density at radius 3 is 1.74 bits per heavy atom. The molecule has 0 atom stereocenters. The van der Waals surface area contributed by atoms with E-state index >= 15 is 0 Å². The molecular formula is C23H24BrI2P. The van der Waals surface area contributed by atoms with Gasteiger partial charge in [0.1, 0.15) is 0 Å². The van der Waals surface area contributed by atoms with E-state index in [0.717, 1.165) is 10.9 Å². The first kappa shape index (κ1) is 21.7. The van der Waals surface area contributed by atoms with Gasteiger partial charge in [-0.25, -0.2) is 0 Å². The molecule has 0 aromatic heterocycles. The zero-order valence-corrected chi connectivity index (χ0v) is 22.0. The van der Waals surface area contributed by atoms with Crippen molar-refractivity contribution in [1.82, 2.24) is 0 Å². The molecule has 0 amide bonds. The Labute approximate surface area is 199 Å². The van der Waals surface area contributed by atoms with E-state index in [1.807, 2.05) is 0 Å².